The number of nitrogens with zero attached hydrogens (tertiary/aromatic N) is 1. The Hall–Kier alpha value is -2.62. The highest BCUT2D eigenvalue weighted by atomic mass is 16.2. The molecule has 0 aliphatic heterocycles. The second-order valence-corrected chi connectivity index (χ2v) is 8.03. The van der Waals surface area contributed by atoms with Crippen molar-refractivity contribution in [3.8, 4) is 0 Å². The predicted molar refractivity (Wildman–Crippen MR) is 116 cm³/mol. The standard InChI is InChI=1S/C24H32N2O2/c1-16(2)21-11-8-12-22(17(3)4)24(21)25-23(28)15-26(19(6)27)14-20-10-7-9-18(5)13-20/h7-13,16-17H,14-15H2,1-6H3,(H,25,28). The van der Waals surface area contributed by atoms with Crippen molar-refractivity contribution < 1.29 is 9.59 Å². The van der Waals surface area contributed by atoms with Crippen LogP contribution in [0, 0.1) is 6.92 Å². The number of carbonyl (C=O) groups excluding carboxylic acids is 2. The van der Waals surface area contributed by atoms with Gasteiger partial charge in [-0.05, 0) is 35.4 Å². The van der Waals surface area contributed by atoms with E-state index >= 15 is 0 Å². The van der Waals surface area contributed by atoms with Gasteiger partial charge >= 0.3 is 0 Å². The first-order chi connectivity index (χ1) is 13.2. The summed E-state index contributed by atoms with van der Waals surface area (Å²) in [6.45, 7) is 12.5. The fraction of sp³-hybridized carbons (Fsp3) is 0.417. The zero-order valence-electron chi connectivity index (χ0n) is 17.9. The third-order valence-corrected chi connectivity index (χ3v) is 4.87. The van der Waals surface area contributed by atoms with E-state index in [1.165, 1.54) is 6.92 Å². The highest BCUT2D eigenvalue weighted by Crippen LogP contribution is 2.32. The number of benzene rings is 2. The van der Waals surface area contributed by atoms with Crippen molar-refractivity contribution in [3.63, 3.8) is 0 Å². The van der Waals surface area contributed by atoms with Crippen LogP contribution in [0.2, 0.25) is 0 Å². The summed E-state index contributed by atoms with van der Waals surface area (Å²) >= 11 is 0. The average Bonchev–Trinajstić information content (AvgIpc) is 2.60. The van der Waals surface area contributed by atoms with Crippen LogP contribution in [-0.2, 0) is 16.1 Å². The Morgan fingerprint density at radius 2 is 1.54 bits per heavy atom. The molecule has 2 rings (SSSR count). The number of carbonyl (C=O) groups is 2. The van der Waals surface area contributed by atoms with Gasteiger partial charge in [-0.1, -0.05) is 75.7 Å². The third-order valence-electron chi connectivity index (χ3n) is 4.87. The van der Waals surface area contributed by atoms with Gasteiger partial charge in [0.15, 0.2) is 0 Å². The van der Waals surface area contributed by atoms with Crippen molar-refractivity contribution in [2.75, 3.05) is 11.9 Å². The molecular formula is C24H32N2O2. The lowest BCUT2D eigenvalue weighted by Crippen LogP contribution is -2.36. The molecule has 4 nitrogen and oxygen atoms in total. The predicted octanol–water partition coefficient (Wildman–Crippen LogP) is 5.23. The maximum atomic E-state index is 12.8. The molecule has 0 unspecified atom stereocenters. The molecule has 0 aliphatic carbocycles. The van der Waals surface area contributed by atoms with Crippen molar-refractivity contribution in [2.24, 2.45) is 0 Å². The summed E-state index contributed by atoms with van der Waals surface area (Å²) in [6.07, 6.45) is 0. The molecule has 0 saturated carbocycles. The van der Waals surface area contributed by atoms with Crippen molar-refractivity contribution >= 4 is 17.5 Å². The van der Waals surface area contributed by atoms with Crippen LogP contribution in [-0.4, -0.2) is 23.3 Å². The van der Waals surface area contributed by atoms with Crippen LogP contribution in [0.3, 0.4) is 0 Å². The van der Waals surface area contributed by atoms with Crippen LogP contribution in [0.1, 0.15) is 68.7 Å². The largest absolute Gasteiger partial charge is 0.329 e. The Labute approximate surface area is 169 Å². The van der Waals surface area contributed by atoms with Crippen LogP contribution in [0.15, 0.2) is 42.5 Å². The lowest BCUT2D eigenvalue weighted by atomic mass is 9.92. The number of hydrogen-bond acceptors (Lipinski definition) is 2. The molecule has 0 fully saturated rings. The first kappa shape index (κ1) is 21.7. The number of hydrogen-bond donors (Lipinski definition) is 1. The molecule has 28 heavy (non-hydrogen) atoms. The normalized spacial score (nSPS) is 11.0. The van der Waals surface area contributed by atoms with Crippen LogP contribution in [0.25, 0.3) is 0 Å². The van der Waals surface area contributed by atoms with E-state index < -0.39 is 0 Å². The van der Waals surface area contributed by atoms with Gasteiger partial charge in [0.05, 0.1) is 0 Å². The summed E-state index contributed by atoms with van der Waals surface area (Å²) < 4.78 is 0. The zero-order chi connectivity index (χ0) is 20.8. The molecule has 2 aromatic carbocycles. The third kappa shape index (κ3) is 5.69. The molecule has 0 aromatic heterocycles. The van der Waals surface area contributed by atoms with Gasteiger partial charge in [0.2, 0.25) is 11.8 Å². The summed E-state index contributed by atoms with van der Waals surface area (Å²) in [5.74, 6) is 0.311. The molecular weight excluding hydrogens is 348 g/mol. The van der Waals surface area contributed by atoms with Gasteiger partial charge in [-0.2, -0.15) is 0 Å². The highest BCUT2D eigenvalue weighted by molar-refractivity contribution is 5.95. The minimum atomic E-state index is -0.169. The molecule has 0 saturated heterocycles. The minimum Gasteiger partial charge on any atom is -0.329 e. The van der Waals surface area contributed by atoms with Crippen LogP contribution < -0.4 is 5.32 Å². The van der Waals surface area contributed by atoms with E-state index in [0.29, 0.717) is 18.4 Å². The summed E-state index contributed by atoms with van der Waals surface area (Å²) in [6, 6.07) is 14.2. The van der Waals surface area contributed by atoms with Gasteiger partial charge in [0.25, 0.3) is 0 Å². The summed E-state index contributed by atoms with van der Waals surface area (Å²) in [5, 5.41) is 3.09. The average molecular weight is 381 g/mol. The summed E-state index contributed by atoms with van der Waals surface area (Å²) in [5.41, 5.74) is 5.28. The van der Waals surface area contributed by atoms with E-state index in [1.54, 1.807) is 4.90 Å². The Bertz CT molecular complexity index is 814. The minimum absolute atomic E-state index is 0.0350. The van der Waals surface area contributed by atoms with Crippen molar-refractivity contribution in [3.05, 3.63) is 64.7 Å². The molecule has 4 heteroatoms. The van der Waals surface area contributed by atoms with Crippen LogP contribution >= 0.6 is 0 Å². The Balaban J connectivity index is 2.20. The summed E-state index contributed by atoms with van der Waals surface area (Å²) in [7, 11) is 0. The van der Waals surface area contributed by atoms with E-state index in [0.717, 1.165) is 27.9 Å². The quantitative estimate of drug-likeness (QED) is 0.715. The molecule has 150 valence electrons. The summed E-state index contributed by atoms with van der Waals surface area (Å²) in [4.78, 5) is 26.5. The molecule has 0 aliphatic rings. The van der Waals surface area contributed by atoms with Crippen molar-refractivity contribution in [2.45, 2.75) is 59.9 Å². The van der Waals surface area contributed by atoms with Crippen LogP contribution in [0.4, 0.5) is 5.69 Å². The van der Waals surface area contributed by atoms with Gasteiger partial charge < -0.3 is 10.2 Å². The Kier molecular flexibility index (Phi) is 7.38. The molecule has 0 heterocycles. The Morgan fingerprint density at radius 3 is 2.04 bits per heavy atom. The van der Waals surface area contributed by atoms with Crippen LogP contribution in [0.5, 0.6) is 0 Å². The SMILES string of the molecule is CC(=O)N(CC(=O)Nc1c(C(C)C)cccc1C(C)C)Cc1cccc(C)c1. The molecule has 0 atom stereocenters. The van der Waals surface area contributed by atoms with Crippen molar-refractivity contribution in [1.82, 2.24) is 4.90 Å². The van der Waals surface area contributed by atoms with Gasteiger partial charge in [-0.25, -0.2) is 0 Å². The molecule has 1 N–H and O–H groups in total. The molecule has 0 bridgehead atoms. The molecule has 0 spiro atoms. The van der Waals surface area contributed by atoms with Gasteiger partial charge in [-0.3, -0.25) is 9.59 Å². The first-order valence-corrected chi connectivity index (χ1v) is 9.92. The topological polar surface area (TPSA) is 49.4 Å². The fourth-order valence-electron chi connectivity index (χ4n) is 3.36. The Morgan fingerprint density at radius 1 is 0.964 bits per heavy atom. The number of anilines is 1. The second kappa shape index (κ2) is 9.54. The van der Waals surface area contributed by atoms with E-state index in [1.807, 2.05) is 37.3 Å². The fourth-order valence-corrected chi connectivity index (χ4v) is 3.36. The number of para-hydroxylation sites is 1. The highest BCUT2D eigenvalue weighted by Gasteiger charge is 2.19. The van der Waals surface area contributed by atoms with Crippen molar-refractivity contribution in [1.29, 1.82) is 0 Å². The number of rotatable bonds is 7. The first-order valence-electron chi connectivity index (χ1n) is 9.92. The number of amides is 2. The van der Waals surface area contributed by atoms with Gasteiger partial charge in [0, 0.05) is 19.2 Å². The monoisotopic (exact) mass is 380 g/mol. The van der Waals surface area contributed by atoms with E-state index in [4.69, 9.17) is 0 Å². The number of nitrogens with one attached hydrogen (secondary N) is 1. The van der Waals surface area contributed by atoms with E-state index in [9.17, 15) is 9.59 Å². The maximum absolute atomic E-state index is 12.8. The lowest BCUT2D eigenvalue weighted by molar-refractivity contribution is -0.133. The maximum Gasteiger partial charge on any atom is 0.244 e. The second-order valence-electron chi connectivity index (χ2n) is 8.03. The molecule has 0 radical (unpaired) electrons. The molecule has 2 amide bonds. The smallest absolute Gasteiger partial charge is 0.244 e. The van der Waals surface area contributed by atoms with E-state index in [-0.39, 0.29) is 18.4 Å². The molecule has 2 aromatic rings. The van der Waals surface area contributed by atoms with Gasteiger partial charge in [-0.15, -0.1) is 0 Å². The number of aryl methyl sites for hydroxylation is 1. The van der Waals surface area contributed by atoms with Gasteiger partial charge in [0.1, 0.15) is 6.54 Å². The lowest BCUT2D eigenvalue weighted by Gasteiger charge is -2.23. The van der Waals surface area contributed by atoms with E-state index in [2.05, 4.69) is 45.1 Å². The zero-order valence-corrected chi connectivity index (χ0v) is 17.9.